The van der Waals surface area contributed by atoms with Crippen LogP contribution < -0.4 is 0 Å². The van der Waals surface area contributed by atoms with Gasteiger partial charge >= 0.3 is 11.9 Å². The van der Waals surface area contributed by atoms with Crippen LogP contribution in [-0.2, 0) is 30.2 Å². The number of hydrogen-bond acceptors (Lipinski definition) is 5. The molecule has 5 nitrogen and oxygen atoms in total. The monoisotopic (exact) mass is 370 g/mol. The van der Waals surface area contributed by atoms with Crippen LogP contribution in [0.2, 0.25) is 0 Å². The summed E-state index contributed by atoms with van der Waals surface area (Å²) in [5.74, 6) is -0.865. The van der Waals surface area contributed by atoms with Crippen LogP contribution in [0.4, 0.5) is 0 Å². The normalized spacial score (nSPS) is 22.8. The minimum atomic E-state index is -0.789. The summed E-state index contributed by atoms with van der Waals surface area (Å²) >= 11 is 0. The highest BCUT2D eigenvalue weighted by molar-refractivity contribution is 5.91. The molecule has 2 atom stereocenters. The maximum absolute atomic E-state index is 12.7. The van der Waals surface area contributed by atoms with E-state index >= 15 is 0 Å². The molecule has 144 valence electrons. The van der Waals surface area contributed by atoms with Crippen molar-refractivity contribution in [2.45, 2.75) is 58.7 Å². The van der Waals surface area contributed by atoms with Crippen molar-refractivity contribution in [3.05, 3.63) is 58.4 Å². The fraction of sp³-hybridized carbons (Fsp3) is 0.455. The molecule has 1 aromatic rings. The van der Waals surface area contributed by atoms with Gasteiger partial charge in [-0.05, 0) is 51.2 Å². The van der Waals surface area contributed by atoms with Crippen molar-refractivity contribution in [3.8, 4) is 0 Å². The Balaban J connectivity index is 1.92. The van der Waals surface area contributed by atoms with Gasteiger partial charge < -0.3 is 14.2 Å². The van der Waals surface area contributed by atoms with E-state index in [-0.39, 0.29) is 17.9 Å². The first-order valence-corrected chi connectivity index (χ1v) is 9.51. The first-order chi connectivity index (χ1) is 13.0. The van der Waals surface area contributed by atoms with Crippen molar-refractivity contribution >= 4 is 11.9 Å². The van der Waals surface area contributed by atoms with E-state index in [1.165, 1.54) is 11.8 Å². The predicted octanol–water partition coefficient (Wildman–Crippen LogP) is 4.18. The first-order valence-electron chi connectivity index (χ1n) is 9.51. The number of hydrogen-bond donors (Lipinski definition) is 0. The Morgan fingerprint density at radius 1 is 1.26 bits per heavy atom. The number of rotatable bonds is 5. The van der Waals surface area contributed by atoms with Crippen molar-refractivity contribution < 1.29 is 23.8 Å². The minimum absolute atomic E-state index is 0.0924. The van der Waals surface area contributed by atoms with Crippen molar-refractivity contribution in [1.29, 1.82) is 0 Å². The molecule has 0 bridgehead atoms. The van der Waals surface area contributed by atoms with E-state index in [2.05, 4.69) is 12.1 Å². The van der Waals surface area contributed by atoms with Crippen molar-refractivity contribution in [2.24, 2.45) is 0 Å². The van der Waals surface area contributed by atoms with Crippen LogP contribution in [0.15, 0.2) is 47.2 Å². The number of ether oxygens (including phenoxy) is 3. The third kappa shape index (κ3) is 4.07. The zero-order valence-electron chi connectivity index (χ0n) is 16.1. The predicted molar refractivity (Wildman–Crippen MR) is 101 cm³/mol. The van der Waals surface area contributed by atoms with Crippen LogP contribution in [0, 0.1) is 0 Å². The van der Waals surface area contributed by atoms with Crippen LogP contribution in [0.1, 0.15) is 57.1 Å². The van der Waals surface area contributed by atoms with E-state index in [9.17, 15) is 9.59 Å². The summed E-state index contributed by atoms with van der Waals surface area (Å²) in [4.78, 5) is 24.4. The first kappa shape index (κ1) is 19.2. The van der Waals surface area contributed by atoms with Crippen LogP contribution in [0.25, 0.3) is 0 Å². The van der Waals surface area contributed by atoms with E-state index in [4.69, 9.17) is 14.2 Å². The molecule has 0 saturated heterocycles. The van der Waals surface area contributed by atoms with Crippen LogP contribution in [0.5, 0.6) is 0 Å². The smallest absolute Gasteiger partial charge is 0.337 e. The maximum Gasteiger partial charge on any atom is 0.337 e. The molecular formula is C22H26O5. The van der Waals surface area contributed by atoms with Gasteiger partial charge in [-0.3, -0.25) is 0 Å². The summed E-state index contributed by atoms with van der Waals surface area (Å²) in [6, 6.07) is 8.21. The number of cyclic esters (lactones) is 1. The molecule has 27 heavy (non-hydrogen) atoms. The average Bonchev–Trinajstić information content (AvgIpc) is 2.83. The molecule has 5 heteroatoms. The molecule has 1 aliphatic heterocycles. The van der Waals surface area contributed by atoms with E-state index in [0.717, 1.165) is 36.8 Å². The van der Waals surface area contributed by atoms with Crippen LogP contribution in [-0.4, -0.2) is 24.8 Å². The summed E-state index contributed by atoms with van der Waals surface area (Å²) in [5, 5.41) is 0. The van der Waals surface area contributed by atoms with Gasteiger partial charge in [-0.1, -0.05) is 30.7 Å². The van der Waals surface area contributed by atoms with Crippen molar-refractivity contribution in [1.82, 2.24) is 0 Å². The fourth-order valence-corrected chi connectivity index (χ4v) is 3.61. The molecule has 2 unspecified atom stereocenters. The standard InChI is InChI=1S/C22H26O5/c1-4-25-21(24)19(13-26-22-15(3)14(2)20(23)27-22)18-12-8-6-10-16-9-5-7-11-17(16)18/h5,7,9,11,13,18,22H,4,6,8,10,12H2,1-3H3/b19-13+. The van der Waals surface area contributed by atoms with E-state index in [1.807, 2.05) is 12.1 Å². The maximum atomic E-state index is 12.7. The zero-order valence-corrected chi connectivity index (χ0v) is 16.1. The number of carbonyl (C=O) groups excluding carboxylic acids is 2. The second kappa shape index (κ2) is 8.42. The largest absolute Gasteiger partial charge is 0.463 e. The number of esters is 2. The third-order valence-corrected chi connectivity index (χ3v) is 5.29. The lowest BCUT2D eigenvalue weighted by Gasteiger charge is -2.21. The average molecular weight is 370 g/mol. The number of fused-ring (bicyclic) bond motifs is 1. The van der Waals surface area contributed by atoms with Gasteiger partial charge in [0.05, 0.1) is 18.4 Å². The molecule has 1 aromatic carbocycles. The number of carbonyl (C=O) groups is 2. The molecule has 0 N–H and O–H groups in total. The van der Waals surface area contributed by atoms with Crippen LogP contribution in [0.3, 0.4) is 0 Å². The Labute approximate surface area is 160 Å². The molecule has 0 aromatic heterocycles. The van der Waals surface area contributed by atoms with Crippen LogP contribution >= 0.6 is 0 Å². The van der Waals surface area contributed by atoms with Gasteiger partial charge in [0, 0.05) is 17.1 Å². The third-order valence-electron chi connectivity index (χ3n) is 5.29. The molecule has 0 fully saturated rings. The van der Waals surface area contributed by atoms with Crippen molar-refractivity contribution in [3.63, 3.8) is 0 Å². The fourth-order valence-electron chi connectivity index (χ4n) is 3.61. The van der Waals surface area contributed by atoms with E-state index in [1.54, 1.807) is 20.8 Å². The molecule has 0 radical (unpaired) electrons. The molecule has 2 aliphatic rings. The molecule has 0 spiro atoms. The van der Waals surface area contributed by atoms with E-state index < -0.39 is 6.29 Å². The summed E-state index contributed by atoms with van der Waals surface area (Å²) in [5.41, 5.74) is 4.14. The Hall–Kier alpha value is -2.56. The summed E-state index contributed by atoms with van der Waals surface area (Å²) in [6.07, 6.45) is 4.61. The lowest BCUT2D eigenvalue weighted by atomic mass is 9.87. The van der Waals surface area contributed by atoms with Gasteiger partial charge in [0.25, 0.3) is 6.29 Å². The Kier molecular flexibility index (Phi) is 5.99. The molecule has 0 amide bonds. The number of aryl methyl sites for hydroxylation is 1. The zero-order chi connectivity index (χ0) is 19.4. The Morgan fingerprint density at radius 3 is 2.74 bits per heavy atom. The highest BCUT2D eigenvalue weighted by Crippen LogP contribution is 2.36. The molecule has 1 heterocycles. The summed E-state index contributed by atoms with van der Waals surface area (Å²) in [7, 11) is 0. The van der Waals surface area contributed by atoms with Gasteiger partial charge in [0.1, 0.15) is 0 Å². The molecule has 1 aliphatic carbocycles. The molecule has 3 rings (SSSR count). The van der Waals surface area contributed by atoms with Gasteiger partial charge in [-0.25, -0.2) is 9.59 Å². The second-order valence-electron chi connectivity index (χ2n) is 6.97. The summed E-state index contributed by atoms with van der Waals surface area (Å²) < 4.78 is 16.2. The SMILES string of the molecule is CCOC(=O)/C(=C/OC1OC(=O)C(C)=C1C)C1CCCCc2ccccc21. The Bertz CT molecular complexity index is 790. The second-order valence-corrected chi connectivity index (χ2v) is 6.97. The highest BCUT2D eigenvalue weighted by atomic mass is 16.7. The van der Waals surface area contributed by atoms with Crippen molar-refractivity contribution in [2.75, 3.05) is 6.61 Å². The van der Waals surface area contributed by atoms with Gasteiger partial charge in [0.15, 0.2) is 0 Å². The van der Waals surface area contributed by atoms with Gasteiger partial charge in [-0.2, -0.15) is 0 Å². The highest BCUT2D eigenvalue weighted by Gasteiger charge is 2.31. The molecular weight excluding hydrogens is 344 g/mol. The number of benzene rings is 1. The van der Waals surface area contributed by atoms with Gasteiger partial charge in [-0.15, -0.1) is 0 Å². The quantitative estimate of drug-likeness (QED) is 0.337. The summed E-state index contributed by atoms with van der Waals surface area (Å²) in [6.45, 7) is 5.58. The molecule has 0 saturated carbocycles. The Morgan fingerprint density at radius 2 is 2.04 bits per heavy atom. The van der Waals surface area contributed by atoms with Gasteiger partial charge in [0.2, 0.25) is 0 Å². The lowest BCUT2D eigenvalue weighted by Crippen LogP contribution is -2.18. The minimum Gasteiger partial charge on any atom is -0.463 e. The topological polar surface area (TPSA) is 61.8 Å². The van der Waals surface area contributed by atoms with E-state index in [0.29, 0.717) is 17.8 Å². The lowest BCUT2D eigenvalue weighted by molar-refractivity contribution is -0.153.